The maximum absolute atomic E-state index is 13.6. The van der Waals surface area contributed by atoms with Crippen molar-refractivity contribution in [2.24, 2.45) is 5.92 Å². The first-order chi connectivity index (χ1) is 21.9. The number of ketones is 1. The van der Waals surface area contributed by atoms with Gasteiger partial charge in [0.25, 0.3) is 15.9 Å². The van der Waals surface area contributed by atoms with E-state index in [4.69, 9.17) is 4.42 Å². The number of rotatable bonds is 9. The summed E-state index contributed by atoms with van der Waals surface area (Å²) in [6.45, 7) is -0.361. The molecule has 14 heteroatoms. The molecule has 2 fully saturated rings. The molecule has 246 valence electrons. The summed E-state index contributed by atoms with van der Waals surface area (Å²) < 4.78 is 72.4. The molecule has 0 radical (unpaired) electrons. The van der Waals surface area contributed by atoms with E-state index in [0.717, 1.165) is 48.5 Å². The Bertz CT molecular complexity index is 1660. The highest BCUT2D eigenvalue weighted by molar-refractivity contribution is 7.89. The van der Waals surface area contributed by atoms with Crippen LogP contribution in [-0.4, -0.2) is 60.5 Å². The molecule has 2 N–H and O–H groups in total. The molecular formula is C32H35F3N4O6S. The van der Waals surface area contributed by atoms with E-state index in [1.165, 1.54) is 42.6 Å². The highest BCUT2D eigenvalue weighted by Gasteiger charge is 2.36. The molecule has 1 aromatic carbocycles. The van der Waals surface area contributed by atoms with Gasteiger partial charge in [-0.3, -0.25) is 14.4 Å². The van der Waals surface area contributed by atoms with Crippen molar-refractivity contribution in [1.82, 2.24) is 19.9 Å². The number of benzene rings is 1. The Labute approximate surface area is 264 Å². The lowest BCUT2D eigenvalue weighted by Crippen LogP contribution is -2.53. The Balaban J connectivity index is 1.28. The molecule has 5 rings (SSSR count). The largest absolute Gasteiger partial charge is 0.451 e. The van der Waals surface area contributed by atoms with E-state index < -0.39 is 58.0 Å². The monoisotopic (exact) mass is 660 g/mol. The molecule has 2 atom stereocenters. The van der Waals surface area contributed by atoms with Crippen LogP contribution < -0.4 is 10.6 Å². The van der Waals surface area contributed by atoms with Gasteiger partial charge in [-0.15, -0.1) is 0 Å². The fourth-order valence-corrected chi connectivity index (χ4v) is 7.31. The molecule has 3 heterocycles. The van der Waals surface area contributed by atoms with Gasteiger partial charge in [-0.05, 0) is 61.6 Å². The second-order valence-electron chi connectivity index (χ2n) is 11.7. The molecular weight excluding hydrogens is 625 g/mol. The summed E-state index contributed by atoms with van der Waals surface area (Å²) in [6, 6.07) is 9.73. The first-order valence-corrected chi connectivity index (χ1v) is 16.7. The minimum absolute atomic E-state index is 0.0544. The number of nitrogens with one attached hydrogen (secondary N) is 2. The molecule has 1 saturated heterocycles. The molecule has 46 heavy (non-hydrogen) atoms. The molecule has 0 spiro atoms. The number of pyridine rings is 1. The molecule has 0 unspecified atom stereocenters. The van der Waals surface area contributed by atoms with Crippen LogP contribution in [-0.2, 0) is 25.8 Å². The number of halogens is 3. The lowest BCUT2D eigenvalue weighted by atomic mass is 9.84. The number of Topliss-reactive ketones (excluding diaryl/α,β-unsaturated/α-hetero) is 1. The minimum Gasteiger partial charge on any atom is -0.451 e. The van der Waals surface area contributed by atoms with Gasteiger partial charge in [0.15, 0.2) is 16.6 Å². The van der Waals surface area contributed by atoms with Crippen molar-refractivity contribution in [1.29, 1.82) is 0 Å². The molecule has 1 saturated carbocycles. The normalized spacial score (nSPS) is 19.3. The van der Waals surface area contributed by atoms with E-state index in [9.17, 15) is 36.0 Å². The first kappa shape index (κ1) is 33.3. The number of aromatic nitrogens is 1. The van der Waals surface area contributed by atoms with E-state index in [-0.39, 0.29) is 41.0 Å². The molecule has 2 amide bonds. The fourth-order valence-electron chi connectivity index (χ4n) is 5.94. The third-order valence-electron chi connectivity index (χ3n) is 8.40. The van der Waals surface area contributed by atoms with Crippen LogP contribution in [0, 0.1) is 5.92 Å². The number of hydrogen-bond donors (Lipinski definition) is 2. The number of carbonyl (C=O) groups excluding carboxylic acids is 3. The maximum Gasteiger partial charge on any atom is 0.416 e. The first-order valence-electron chi connectivity index (χ1n) is 15.2. The van der Waals surface area contributed by atoms with Crippen molar-refractivity contribution in [3.8, 4) is 11.3 Å². The minimum atomic E-state index is -4.55. The van der Waals surface area contributed by atoms with Gasteiger partial charge in [0, 0.05) is 18.3 Å². The highest BCUT2D eigenvalue weighted by atomic mass is 32.2. The van der Waals surface area contributed by atoms with Crippen molar-refractivity contribution in [3.05, 3.63) is 72.1 Å². The number of nitrogens with zero attached hydrogens (tertiary/aromatic N) is 2. The molecule has 1 aliphatic carbocycles. The van der Waals surface area contributed by atoms with Crippen LogP contribution in [0.5, 0.6) is 0 Å². The summed E-state index contributed by atoms with van der Waals surface area (Å²) in [5.74, 6) is -1.76. The van der Waals surface area contributed by atoms with Crippen LogP contribution >= 0.6 is 0 Å². The molecule has 0 bridgehead atoms. The van der Waals surface area contributed by atoms with E-state index >= 15 is 0 Å². The van der Waals surface area contributed by atoms with Crippen molar-refractivity contribution < 1.29 is 40.4 Å². The third kappa shape index (κ3) is 8.02. The zero-order chi connectivity index (χ0) is 32.9. The number of hydrogen-bond acceptors (Lipinski definition) is 7. The Morgan fingerprint density at radius 3 is 2.50 bits per heavy atom. The number of sulfonamides is 1. The second-order valence-corrected chi connectivity index (χ2v) is 13.6. The topological polar surface area (TPSA) is 139 Å². The van der Waals surface area contributed by atoms with Gasteiger partial charge in [-0.25, -0.2) is 13.4 Å². The summed E-state index contributed by atoms with van der Waals surface area (Å²) in [4.78, 5) is 44.0. The van der Waals surface area contributed by atoms with Gasteiger partial charge in [0.2, 0.25) is 5.91 Å². The smallest absolute Gasteiger partial charge is 0.416 e. The van der Waals surface area contributed by atoms with Crippen LogP contribution in [0.2, 0.25) is 0 Å². The van der Waals surface area contributed by atoms with E-state index in [1.807, 2.05) is 0 Å². The SMILES string of the molecule is O=C(N[C@@H](CC1CCCCC1)C(=O)N[C@H]1CCCN(S(=O)(=O)c2ccccn2)CC1=O)c1ccc(-c2cccc(C(F)(F)F)c2)o1. The average molecular weight is 661 g/mol. The highest BCUT2D eigenvalue weighted by Crippen LogP contribution is 2.33. The molecule has 1 aliphatic heterocycles. The van der Waals surface area contributed by atoms with Crippen molar-refractivity contribution in [3.63, 3.8) is 0 Å². The van der Waals surface area contributed by atoms with E-state index in [0.29, 0.717) is 12.8 Å². The zero-order valence-corrected chi connectivity index (χ0v) is 25.8. The summed E-state index contributed by atoms with van der Waals surface area (Å²) in [7, 11) is -4.01. The Hall–Kier alpha value is -4.04. The van der Waals surface area contributed by atoms with Gasteiger partial charge in [0.1, 0.15) is 11.8 Å². The molecule has 3 aromatic rings. The summed E-state index contributed by atoms with van der Waals surface area (Å²) in [6.07, 6.45) is 2.47. The van der Waals surface area contributed by atoms with Gasteiger partial charge < -0.3 is 15.1 Å². The quantitative estimate of drug-likeness (QED) is 0.331. The molecule has 2 aromatic heterocycles. The van der Waals surface area contributed by atoms with Crippen LogP contribution in [0.15, 0.2) is 70.2 Å². The average Bonchev–Trinajstić information content (AvgIpc) is 3.47. The predicted octanol–water partition coefficient (Wildman–Crippen LogP) is 4.97. The third-order valence-corrected chi connectivity index (χ3v) is 10.2. The fraction of sp³-hybridized carbons (Fsp3) is 0.438. The van der Waals surface area contributed by atoms with Crippen LogP contribution in [0.1, 0.15) is 67.5 Å². The summed E-state index contributed by atoms with van der Waals surface area (Å²) >= 11 is 0. The standard InChI is InChI=1S/C32H35F3N4O6S/c33-32(34,35)23-11-6-10-22(19-23)27-14-15-28(45-27)31(42)38-25(18-21-8-2-1-3-9-21)30(41)37-24-12-7-17-39(20-26(24)40)46(43,44)29-13-4-5-16-36-29/h4-6,10-11,13-16,19,21,24-25H,1-3,7-9,12,17-18,20H2,(H,37,41)(H,38,42)/t24-,25-/m0/s1. The van der Waals surface area contributed by atoms with Crippen molar-refractivity contribution in [2.45, 2.75) is 74.7 Å². The van der Waals surface area contributed by atoms with Crippen molar-refractivity contribution >= 4 is 27.6 Å². The van der Waals surface area contributed by atoms with E-state index in [1.54, 1.807) is 6.07 Å². The number of amides is 2. The summed E-state index contributed by atoms with van der Waals surface area (Å²) in [5.41, 5.74) is -0.724. The number of carbonyl (C=O) groups is 3. The van der Waals surface area contributed by atoms with Gasteiger partial charge in [-0.2, -0.15) is 17.5 Å². The summed E-state index contributed by atoms with van der Waals surface area (Å²) in [5, 5.41) is 5.27. The molecule has 10 nitrogen and oxygen atoms in total. The lowest BCUT2D eigenvalue weighted by Gasteiger charge is -2.27. The lowest BCUT2D eigenvalue weighted by molar-refractivity contribution is -0.137. The van der Waals surface area contributed by atoms with Gasteiger partial charge >= 0.3 is 6.18 Å². The van der Waals surface area contributed by atoms with Crippen LogP contribution in [0.3, 0.4) is 0 Å². The van der Waals surface area contributed by atoms with Gasteiger partial charge in [-0.1, -0.05) is 50.3 Å². The molecule has 2 aliphatic rings. The van der Waals surface area contributed by atoms with Gasteiger partial charge in [0.05, 0.1) is 18.2 Å². The predicted molar refractivity (Wildman–Crippen MR) is 161 cm³/mol. The van der Waals surface area contributed by atoms with Crippen LogP contribution in [0.25, 0.3) is 11.3 Å². The number of furan rings is 1. The Morgan fingerprint density at radius 1 is 1.00 bits per heavy atom. The Kier molecular flexibility index (Phi) is 10.3. The van der Waals surface area contributed by atoms with E-state index in [2.05, 4.69) is 15.6 Å². The maximum atomic E-state index is 13.6. The number of alkyl halides is 3. The Morgan fingerprint density at radius 2 is 1.78 bits per heavy atom. The second kappa shape index (κ2) is 14.2. The van der Waals surface area contributed by atoms with Crippen LogP contribution in [0.4, 0.5) is 13.2 Å². The van der Waals surface area contributed by atoms with Crippen molar-refractivity contribution in [2.75, 3.05) is 13.1 Å². The zero-order valence-electron chi connectivity index (χ0n) is 25.0.